The first-order valence-corrected chi connectivity index (χ1v) is 8.62. The molecule has 3 aromatic carbocycles. The predicted molar refractivity (Wildman–Crippen MR) is 108 cm³/mol. The highest BCUT2D eigenvalue weighted by Crippen LogP contribution is 2.29. The highest BCUT2D eigenvalue weighted by molar-refractivity contribution is 6.09. The fourth-order valence-electron chi connectivity index (χ4n) is 3.27. The van der Waals surface area contributed by atoms with Crippen molar-refractivity contribution in [2.75, 3.05) is 12.1 Å². The van der Waals surface area contributed by atoms with Gasteiger partial charge >= 0.3 is 0 Å². The standard InChI is InChI=1S/C22H21N3/c1-3-17-13-16(15-23-25(2)18-9-5-4-6-10-18)14-20-19-11-7-8-12-21(19)24-22(17)20/h4-15,24H,3H2,1-2H3. The molecule has 0 saturated carbocycles. The summed E-state index contributed by atoms with van der Waals surface area (Å²) in [6, 6.07) is 23.1. The van der Waals surface area contributed by atoms with Gasteiger partial charge in [-0.05, 0) is 47.9 Å². The van der Waals surface area contributed by atoms with Crippen molar-refractivity contribution in [1.29, 1.82) is 0 Å². The SMILES string of the molecule is CCc1cc(C=NN(C)c2ccccc2)cc2c1[nH]c1ccccc12. The highest BCUT2D eigenvalue weighted by atomic mass is 15.4. The second-order valence-electron chi connectivity index (χ2n) is 6.23. The lowest BCUT2D eigenvalue weighted by atomic mass is 10.0. The van der Waals surface area contributed by atoms with Crippen molar-refractivity contribution in [3.8, 4) is 0 Å². The van der Waals surface area contributed by atoms with Gasteiger partial charge in [0.15, 0.2) is 0 Å². The van der Waals surface area contributed by atoms with Crippen LogP contribution in [-0.4, -0.2) is 18.2 Å². The molecule has 0 aliphatic rings. The van der Waals surface area contributed by atoms with Gasteiger partial charge in [-0.3, -0.25) is 5.01 Å². The molecule has 124 valence electrons. The van der Waals surface area contributed by atoms with E-state index in [1.807, 2.05) is 36.5 Å². The molecule has 4 rings (SSSR count). The molecule has 0 fully saturated rings. The molecule has 0 bridgehead atoms. The minimum Gasteiger partial charge on any atom is -0.354 e. The van der Waals surface area contributed by atoms with Gasteiger partial charge < -0.3 is 4.98 Å². The lowest BCUT2D eigenvalue weighted by Crippen LogP contribution is -2.08. The van der Waals surface area contributed by atoms with Gasteiger partial charge in [0, 0.05) is 28.9 Å². The van der Waals surface area contributed by atoms with E-state index in [-0.39, 0.29) is 0 Å². The van der Waals surface area contributed by atoms with E-state index in [1.54, 1.807) is 0 Å². The molecular weight excluding hydrogens is 306 g/mol. The van der Waals surface area contributed by atoms with Gasteiger partial charge in [0.25, 0.3) is 0 Å². The van der Waals surface area contributed by atoms with Crippen LogP contribution < -0.4 is 5.01 Å². The van der Waals surface area contributed by atoms with Crippen LogP contribution in [0.4, 0.5) is 5.69 Å². The van der Waals surface area contributed by atoms with Crippen molar-refractivity contribution in [1.82, 2.24) is 4.98 Å². The van der Waals surface area contributed by atoms with Crippen molar-refractivity contribution in [2.24, 2.45) is 5.10 Å². The minimum atomic E-state index is 0.986. The molecule has 1 heterocycles. The number of hydrogen-bond acceptors (Lipinski definition) is 2. The normalized spacial score (nSPS) is 11.6. The second kappa shape index (κ2) is 6.44. The number of aromatic amines is 1. The maximum atomic E-state index is 4.61. The Hall–Kier alpha value is -3.07. The quantitative estimate of drug-likeness (QED) is 0.397. The maximum absolute atomic E-state index is 4.61. The van der Waals surface area contributed by atoms with Crippen LogP contribution in [0.2, 0.25) is 0 Å². The largest absolute Gasteiger partial charge is 0.354 e. The lowest BCUT2D eigenvalue weighted by Gasteiger charge is -2.12. The minimum absolute atomic E-state index is 0.986. The number of fused-ring (bicyclic) bond motifs is 3. The number of anilines is 1. The van der Waals surface area contributed by atoms with Crippen LogP contribution in [0.3, 0.4) is 0 Å². The van der Waals surface area contributed by atoms with Gasteiger partial charge in [0.1, 0.15) is 0 Å². The van der Waals surface area contributed by atoms with Crippen molar-refractivity contribution < 1.29 is 0 Å². The molecule has 1 N–H and O–H groups in total. The zero-order chi connectivity index (χ0) is 17.2. The predicted octanol–water partition coefficient (Wildman–Crippen LogP) is 5.35. The summed E-state index contributed by atoms with van der Waals surface area (Å²) in [4.78, 5) is 3.56. The van der Waals surface area contributed by atoms with Gasteiger partial charge in [0.2, 0.25) is 0 Å². The molecule has 0 spiro atoms. The van der Waals surface area contributed by atoms with Crippen molar-refractivity contribution in [3.63, 3.8) is 0 Å². The summed E-state index contributed by atoms with van der Waals surface area (Å²) >= 11 is 0. The number of rotatable bonds is 4. The summed E-state index contributed by atoms with van der Waals surface area (Å²) in [7, 11) is 1.97. The molecule has 0 aliphatic carbocycles. The van der Waals surface area contributed by atoms with Crippen LogP contribution in [0.25, 0.3) is 21.8 Å². The molecule has 0 radical (unpaired) electrons. The van der Waals surface area contributed by atoms with Gasteiger partial charge in [-0.25, -0.2) is 0 Å². The fourth-order valence-corrected chi connectivity index (χ4v) is 3.27. The highest BCUT2D eigenvalue weighted by Gasteiger charge is 2.08. The number of benzene rings is 3. The molecule has 25 heavy (non-hydrogen) atoms. The van der Waals surface area contributed by atoms with Crippen LogP contribution in [-0.2, 0) is 6.42 Å². The fraction of sp³-hybridized carbons (Fsp3) is 0.136. The number of nitrogens with zero attached hydrogens (tertiary/aromatic N) is 2. The summed E-state index contributed by atoms with van der Waals surface area (Å²) in [5, 5.41) is 9.03. The zero-order valence-corrected chi connectivity index (χ0v) is 14.5. The van der Waals surface area contributed by atoms with Crippen LogP contribution in [0.5, 0.6) is 0 Å². The van der Waals surface area contributed by atoms with E-state index >= 15 is 0 Å². The summed E-state index contributed by atoms with van der Waals surface area (Å²) in [5.74, 6) is 0. The number of hydrogen-bond donors (Lipinski definition) is 1. The Morgan fingerprint density at radius 1 is 0.960 bits per heavy atom. The Morgan fingerprint density at radius 2 is 1.72 bits per heavy atom. The average molecular weight is 327 g/mol. The summed E-state index contributed by atoms with van der Waals surface area (Å²) in [5.41, 5.74) is 5.93. The summed E-state index contributed by atoms with van der Waals surface area (Å²) in [6.07, 6.45) is 2.92. The third kappa shape index (κ3) is 2.89. The zero-order valence-electron chi connectivity index (χ0n) is 14.5. The van der Waals surface area contributed by atoms with Gasteiger partial charge in [-0.1, -0.05) is 43.3 Å². The van der Waals surface area contributed by atoms with Gasteiger partial charge in [-0.2, -0.15) is 5.10 Å². The molecule has 0 aliphatic heterocycles. The summed E-state index contributed by atoms with van der Waals surface area (Å²) in [6.45, 7) is 2.19. The number of H-pyrrole nitrogens is 1. The number of nitrogens with one attached hydrogen (secondary N) is 1. The van der Waals surface area contributed by atoms with Crippen molar-refractivity contribution in [3.05, 3.63) is 77.9 Å². The van der Waals surface area contributed by atoms with E-state index < -0.39 is 0 Å². The second-order valence-corrected chi connectivity index (χ2v) is 6.23. The molecule has 0 atom stereocenters. The lowest BCUT2D eigenvalue weighted by molar-refractivity contribution is 1.02. The van der Waals surface area contributed by atoms with E-state index in [2.05, 4.69) is 65.5 Å². The van der Waals surface area contributed by atoms with Crippen LogP contribution in [0.15, 0.2) is 71.8 Å². The third-order valence-electron chi connectivity index (χ3n) is 4.61. The molecule has 0 unspecified atom stereocenters. The Morgan fingerprint density at radius 3 is 2.52 bits per heavy atom. The Balaban J connectivity index is 1.77. The average Bonchev–Trinajstić information content (AvgIpc) is 3.05. The Kier molecular flexibility index (Phi) is 3.98. The first-order chi connectivity index (χ1) is 12.3. The molecular formula is C22H21N3. The molecule has 1 aromatic heterocycles. The van der Waals surface area contributed by atoms with Crippen molar-refractivity contribution in [2.45, 2.75) is 13.3 Å². The first-order valence-electron chi connectivity index (χ1n) is 8.62. The van der Waals surface area contributed by atoms with E-state index in [0.717, 1.165) is 17.7 Å². The van der Waals surface area contributed by atoms with Crippen molar-refractivity contribution >= 4 is 33.7 Å². The van der Waals surface area contributed by atoms with E-state index in [4.69, 9.17) is 0 Å². The Bertz CT molecular complexity index is 1040. The van der Waals surface area contributed by atoms with Gasteiger partial charge in [0.05, 0.1) is 11.9 Å². The molecule has 0 amide bonds. The first kappa shape index (κ1) is 15.5. The number of aromatic nitrogens is 1. The van der Waals surface area contributed by atoms with E-state index in [0.29, 0.717) is 0 Å². The smallest absolute Gasteiger partial charge is 0.0590 e. The molecule has 0 saturated heterocycles. The molecule has 4 aromatic rings. The Labute approximate surface area is 147 Å². The van der Waals surface area contributed by atoms with Crippen LogP contribution >= 0.6 is 0 Å². The van der Waals surface area contributed by atoms with E-state index in [1.165, 1.54) is 27.4 Å². The summed E-state index contributed by atoms with van der Waals surface area (Å²) < 4.78 is 0. The topological polar surface area (TPSA) is 31.4 Å². The maximum Gasteiger partial charge on any atom is 0.0590 e. The number of para-hydroxylation sites is 2. The monoisotopic (exact) mass is 327 g/mol. The van der Waals surface area contributed by atoms with Crippen LogP contribution in [0.1, 0.15) is 18.1 Å². The molecule has 3 nitrogen and oxygen atoms in total. The third-order valence-corrected chi connectivity index (χ3v) is 4.61. The number of hydrazone groups is 1. The van der Waals surface area contributed by atoms with Gasteiger partial charge in [-0.15, -0.1) is 0 Å². The van der Waals surface area contributed by atoms with E-state index in [9.17, 15) is 0 Å². The van der Waals surface area contributed by atoms with Crippen LogP contribution in [0, 0.1) is 0 Å². The number of aryl methyl sites for hydroxylation is 1. The molecule has 3 heteroatoms.